The summed E-state index contributed by atoms with van der Waals surface area (Å²) in [6.07, 6.45) is 4.04. The number of carbonyl (C=O) groups is 1. The van der Waals surface area contributed by atoms with Gasteiger partial charge in [0.1, 0.15) is 11.6 Å². The molecule has 7 heteroatoms. The molecule has 2 N–H and O–H groups in total. The summed E-state index contributed by atoms with van der Waals surface area (Å²) < 4.78 is 15.5. The molecule has 1 aromatic carbocycles. The van der Waals surface area contributed by atoms with Crippen molar-refractivity contribution in [2.24, 2.45) is 5.92 Å². The fourth-order valence-corrected chi connectivity index (χ4v) is 2.78. The number of carbonyl (C=O) groups excluding carboxylic acids is 1. The lowest BCUT2D eigenvalue weighted by Crippen LogP contribution is -2.30. The molecule has 2 aromatic rings. The van der Waals surface area contributed by atoms with Crippen molar-refractivity contribution in [1.82, 2.24) is 15.1 Å². The summed E-state index contributed by atoms with van der Waals surface area (Å²) in [5.74, 6) is 0.808. The zero-order valence-electron chi connectivity index (χ0n) is 12.7. The molecule has 2 amide bonds. The van der Waals surface area contributed by atoms with E-state index >= 15 is 0 Å². The SMILES string of the molecule is CC(C1CC1)n1nccc1NC(=O)NCc1c(F)cccc1Cl. The van der Waals surface area contributed by atoms with E-state index in [0.717, 1.165) is 0 Å². The van der Waals surface area contributed by atoms with Gasteiger partial charge in [-0.1, -0.05) is 17.7 Å². The first-order valence-corrected chi connectivity index (χ1v) is 7.95. The fraction of sp³-hybridized carbons (Fsp3) is 0.375. The highest BCUT2D eigenvalue weighted by molar-refractivity contribution is 6.31. The van der Waals surface area contributed by atoms with E-state index in [9.17, 15) is 9.18 Å². The summed E-state index contributed by atoms with van der Waals surface area (Å²) in [5, 5.41) is 9.92. The molecule has 1 saturated carbocycles. The van der Waals surface area contributed by atoms with Gasteiger partial charge in [-0.2, -0.15) is 5.10 Å². The number of halogens is 2. The van der Waals surface area contributed by atoms with Gasteiger partial charge < -0.3 is 5.32 Å². The normalized spacial score (nSPS) is 15.3. The number of rotatable bonds is 5. The summed E-state index contributed by atoms with van der Waals surface area (Å²) in [6, 6.07) is 6.00. The second-order valence-corrected chi connectivity index (χ2v) is 6.15. The molecule has 1 unspecified atom stereocenters. The fourth-order valence-electron chi connectivity index (χ4n) is 2.55. The van der Waals surface area contributed by atoms with Crippen molar-refractivity contribution in [3.8, 4) is 0 Å². The molecule has 23 heavy (non-hydrogen) atoms. The second-order valence-electron chi connectivity index (χ2n) is 5.75. The molecular weight excluding hydrogens is 319 g/mol. The predicted octanol–water partition coefficient (Wildman–Crippen LogP) is 3.97. The Morgan fingerprint density at radius 3 is 2.96 bits per heavy atom. The second kappa shape index (κ2) is 6.58. The first kappa shape index (κ1) is 15.8. The average Bonchev–Trinajstić information content (AvgIpc) is 3.26. The third kappa shape index (κ3) is 3.64. The van der Waals surface area contributed by atoms with Crippen LogP contribution in [-0.4, -0.2) is 15.8 Å². The van der Waals surface area contributed by atoms with Crippen molar-refractivity contribution < 1.29 is 9.18 Å². The van der Waals surface area contributed by atoms with Gasteiger partial charge in [-0.05, 0) is 37.8 Å². The first-order chi connectivity index (χ1) is 11.1. The number of hydrogen-bond acceptors (Lipinski definition) is 2. The molecule has 0 aliphatic heterocycles. The Balaban J connectivity index is 1.61. The average molecular weight is 337 g/mol. The monoisotopic (exact) mass is 336 g/mol. The number of aromatic nitrogens is 2. The number of nitrogens with one attached hydrogen (secondary N) is 2. The van der Waals surface area contributed by atoms with Crippen molar-refractivity contribution in [3.05, 3.63) is 46.9 Å². The van der Waals surface area contributed by atoms with Gasteiger partial charge >= 0.3 is 6.03 Å². The van der Waals surface area contributed by atoms with E-state index in [1.54, 1.807) is 18.3 Å². The van der Waals surface area contributed by atoms with Gasteiger partial charge in [0.05, 0.1) is 12.2 Å². The summed E-state index contributed by atoms with van der Waals surface area (Å²) >= 11 is 5.94. The maximum Gasteiger partial charge on any atom is 0.320 e. The lowest BCUT2D eigenvalue weighted by Gasteiger charge is -2.16. The zero-order chi connectivity index (χ0) is 16.4. The minimum Gasteiger partial charge on any atom is -0.334 e. The number of amides is 2. The summed E-state index contributed by atoms with van der Waals surface area (Å²) in [6.45, 7) is 2.11. The van der Waals surface area contributed by atoms with Crippen LogP contribution < -0.4 is 10.6 Å². The maximum absolute atomic E-state index is 13.7. The van der Waals surface area contributed by atoms with E-state index in [0.29, 0.717) is 11.7 Å². The Hall–Kier alpha value is -2.08. The first-order valence-electron chi connectivity index (χ1n) is 7.57. The van der Waals surface area contributed by atoms with E-state index in [1.165, 1.54) is 25.0 Å². The van der Waals surface area contributed by atoms with E-state index in [2.05, 4.69) is 22.7 Å². The number of anilines is 1. The molecule has 1 heterocycles. The molecule has 1 fully saturated rings. The van der Waals surface area contributed by atoms with Gasteiger partial charge in [0.15, 0.2) is 0 Å². The van der Waals surface area contributed by atoms with Crippen LogP contribution in [0.2, 0.25) is 5.02 Å². The van der Waals surface area contributed by atoms with Crippen LogP contribution >= 0.6 is 11.6 Å². The third-order valence-electron chi connectivity index (χ3n) is 4.09. The summed E-state index contributed by atoms with van der Waals surface area (Å²) in [7, 11) is 0. The molecule has 1 aliphatic rings. The largest absolute Gasteiger partial charge is 0.334 e. The topological polar surface area (TPSA) is 59.0 Å². The molecule has 0 saturated heterocycles. The van der Waals surface area contributed by atoms with Crippen molar-refractivity contribution in [2.45, 2.75) is 32.4 Å². The molecule has 0 bridgehead atoms. The molecular formula is C16H18ClFN4O. The van der Waals surface area contributed by atoms with Gasteiger partial charge in [-0.15, -0.1) is 0 Å². The summed E-state index contributed by atoms with van der Waals surface area (Å²) in [5.41, 5.74) is 0.268. The number of nitrogens with zero attached hydrogens (tertiary/aromatic N) is 2. The molecule has 0 spiro atoms. The Kier molecular flexibility index (Phi) is 4.52. The van der Waals surface area contributed by atoms with Gasteiger partial charge in [-0.3, -0.25) is 5.32 Å². The third-order valence-corrected chi connectivity index (χ3v) is 4.44. The maximum atomic E-state index is 13.7. The molecule has 5 nitrogen and oxygen atoms in total. The summed E-state index contributed by atoms with van der Waals surface area (Å²) in [4.78, 5) is 12.0. The highest BCUT2D eigenvalue weighted by atomic mass is 35.5. The van der Waals surface area contributed by atoms with E-state index in [1.807, 2.05) is 4.68 Å². The minimum atomic E-state index is -0.440. The zero-order valence-corrected chi connectivity index (χ0v) is 13.5. The van der Waals surface area contributed by atoms with Crippen molar-refractivity contribution in [3.63, 3.8) is 0 Å². The lowest BCUT2D eigenvalue weighted by atomic mass is 10.2. The Bertz CT molecular complexity index is 694. The van der Waals surface area contributed by atoms with Crippen LogP contribution in [0.15, 0.2) is 30.5 Å². The predicted molar refractivity (Wildman–Crippen MR) is 86.9 cm³/mol. The van der Waals surface area contributed by atoms with E-state index in [4.69, 9.17) is 11.6 Å². The number of hydrogen-bond donors (Lipinski definition) is 2. The van der Waals surface area contributed by atoms with Crippen LogP contribution in [0.3, 0.4) is 0 Å². The van der Waals surface area contributed by atoms with Crippen molar-refractivity contribution in [1.29, 1.82) is 0 Å². The van der Waals surface area contributed by atoms with Crippen LogP contribution in [0.1, 0.15) is 31.4 Å². The van der Waals surface area contributed by atoms with Gasteiger partial charge in [0.2, 0.25) is 0 Å². The smallest absolute Gasteiger partial charge is 0.320 e. The van der Waals surface area contributed by atoms with E-state index in [-0.39, 0.29) is 23.2 Å². The molecule has 122 valence electrons. The van der Waals surface area contributed by atoms with Gasteiger partial charge in [0, 0.05) is 23.2 Å². The molecule has 1 aromatic heterocycles. The van der Waals surface area contributed by atoms with Crippen LogP contribution in [0.5, 0.6) is 0 Å². The molecule has 1 atom stereocenters. The lowest BCUT2D eigenvalue weighted by molar-refractivity contribution is 0.251. The molecule has 3 rings (SSSR count). The Morgan fingerprint density at radius 1 is 1.48 bits per heavy atom. The highest BCUT2D eigenvalue weighted by Gasteiger charge is 2.30. The van der Waals surface area contributed by atoms with E-state index < -0.39 is 11.8 Å². The van der Waals surface area contributed by atoms with Gasteiger partial charge in [0.25, 0.3) is 0 Å². The van der Waals surface area contributed by atoms with Crippen LogP contribution in [0, 0.1) is 11.7 Å². The van der Waals surface area contributed by atoms with Gasteiger partial charge in [-0.25, -0.2) is 13.9 Å². The van der Waals surface area contributed by atoms with Crippen LogP contribution in [-0.2, 0) is 6.54 Å². The standard InChI is InChI=1S/C16H18ClFN4O/c1-10(11-5-6-11)22-15(7-8-20-22)21-16(23)19-9-12-13(17)3-2-4-14(12)18/h2-4,7-8,10-11H,5-6,9H2,1H3,(H2,19,21,23). The number of benzene rings is 1. The van der Waals surface area contributed by atoms with Crippen LogP contribution in [0.4, 0.5) is 15.0 Å². The minimum absolute atomic E-state index is 0.0175. The van der Waals surface area contributed by atoms with Crippen LogP contribution in [0.25, 0.3) is 0 Å². The quantitative estimate of drug-likeness (QED) is 0.868. The molecule has 1 aliphatic carbocycles. The Morgan fingerprint density at radius 2 is 2.26 bits per heavy atom. The molecule has 0 radical (unpaired) electrons. The van der Waals surface area contributed by atoms with Crippen molar-refractivity contribution >= 4 is 23.4 Å². The van der Waals surface area contributed by atoms with Crippen molar-refractivity contribution in [2.75, 3.05) is 5.32 Å². The Labute approximate surface area is 138 Å². The highest BCUT2D eigenvalue weighted by Crippen LogP contribution is 2.40. The number of urea groups is 1.